The van der Waals surface area contributed by atoms with E-state index in [-0.39, 0.29) is 12.2 Å². The van der Waals surface area contributed by atoms with Crippen molar-refractivity contribution in [3.63, 3.8) is 0 Å². The molecule has 0 spiro atoms. The smallest absolute Gasteiger partial charge is 0.421 e. The molecule has 1 aliphatic rings. The molecule has 0 bridgehead atoms. The van der Waals surface area contributed by atoms with Gasteiger partial charge in [0.15, 0.2) is 0 Å². The Morgan fingerprint density at radius 2 is 1.86 bits per heavy atom. The minimum Gasteiger partial charge on any atom is -0.445 e. The molecule has 0 aliphatic heterocycles. The standard InChI is InChI=1S/C10H22N2O2.C7H14O/c1-3-5-7-9(8-6-4-2)14-10(13)12-11;1-6-3-2-4-7(8)5-6/h9H,3-8,11H2,1-2H3,(H,12,13);6-8H,2-5H2,1H3. The zero-order valence-electron chi connectivity index (χ0n) is 14.6. The van der Waals surface area contributed by atoms with Crippen LogP contribution in [0.1, 0.15) is 85.0 Å². The van der Waals surface area contributed by atoms with Gasteiger partial charge in [-0.25, -0.2) is 10.6 Å². The second-order valence-electron chi connectivity index (χ2n) is 6.38. The van der Waals surface area contributed by atoms with Gasteiger partial charge in [0.1, 0.15) is 6.10 Å². The summed E-state index contributed by atoms with van der Waals surface area (Å²) in [4.78, 5) is 10.9. The third kappa shape index (κ3) is 11.8. The fourth-order valence-electron chi connectivity index (χ4n) is 2.71. The topological polar surface area (TPSA) is 84.6 Å². The second kappa shape index (κ2) is 13.8. The highest BCUT2D eigenvalue weighted by molar-refractivity contribution is 5.66. The van der Waals surface area contributed by atoms with Crippen LogP contribution in [0.5, 0.6) is 0 Å². The van der Waals surface area contributed by atoms with Gasteiger partial charge in [-0.1, -0.05) is 59.3 Å². The van der Waals surface area contributed by atoms with Crippen LogP contribution in [-0.4, -0.2) is 23.4 Å². The van der Waals surface area contributed by atoms with Crippen LogP contribution in [0.15, 0.2) is 0 Å². The number of nitrogens with one attached hydrogen (secondary N) is 1. The van der Waals surface area contributed by atoms with Gasteiger partial charge in [-0.15, -0.1) is 0 Å². The number of aliphatic hydroxyl groups is 1. The summed E-state index contributed by atoms with van der Waals surface area (Å²) in [6.07, 6.45) is 10.4. The van der Waals surface area contributed by atoms with E-state index in [0.717, 1.165) is 57.3 Å². The first-order valence-electron chi connectivity index (χ1n) is 8.88. The molecule has 22 heavy (non-hydrogen) atoms. The quantitative estimate of drug-likeness (QED) is 0.378. The maximum absolute atomic E-state index is 10.9. The number of nitrogens with two attached hydrogens (primary N) is 1. The summed E-state index contributed by atoms with van der Waals surface area (Å²) in [6, 6.07) is 0. The summed E-state index contributed by atoms with van der Waals surface area (Å²) in [6.45, 7) is 6.46. The van der Waals surface area contributed by atoms with Crippen molar-refractivity contribution in [2.45, 2.75) is 97.2 Å². The summed E-state index contributed by atoms with van der Waals surface area (Å²) in [5.41, 5.74) is 1.99. The molecule has 2 unspecified atom stereocenters. The lowest BCUT2D eigenvalue weighted by molar-refractivity contribution is 0.0848. The lowest BCUT2D eigenvalue weighted by Gasteiger charge is -2.21. The fraction of sp³-hybridized carbons (Fsp3) is 0.941. The molecule has 1 fully saturated rings. The van der Waals surface area contributed by atoms with E-state index in [9.17, 15) is 4.79 Å². The van der Waals surface area contributed by atoms with Crippen molar-refractivity contribution in [1.29, 1.82) is 0 Å². The number of hydrogen-bond donors (Lipinski definition) is 3. The summed E-state index contributed by atoms with van der Waals surface area (Å²) in [5, 5.41) is 9.08. The van der Waals surface area contributed by atoms with Crippen molar-refractivity contribution in [2.75, 3.05) is 0 Å². The molecule has 1 saturated carbocycles. The van der Waals surface area contributed by atoms with Crippen LogP contribution in [0.4, 0.5) is 4.79 Å². The monoisotopic (exact) mass is 316 g/mol. The number of aliphatic hydroxyl groups excluding tert-OH is 1. The Hall–Kier alpha value is -0.810. The molecule has 5 nitrogen and oxygen atoms in total. The molecular weight excluding hydrogens is 280 g/mol. The third-order valence-corrected chi connectivity index (χ3v) is 4.06. The summed E-state index contributed by atoms with van der Waals surface area (Å²) in [5.74, 6) is 5.72. The molecule has 0 radical (unpaired) electrons. The van der Waals surface area contributed by atoms with Crippen molar-refractivity contribution in [1.82, 2.24) is 5.43 Å². The molecule has 0 aromatic heterocycles. The molecule has 1 aliphatic carbocycles. The van der Waals surface area contributed by atoms with E-state index in [1.165, 1.54) is 12.8 Å². The molecule has 0 aromatic rings. The first-order valence-corrected chi connectivity index (χ1v) is 8.88. The first kappa shape index (κ1) is 21.2. The van der Waals surface area contributed by atoms with Crippen molar-refractivity contribution in [2.24, 2.45) is 11.8 Å². The molecule has 2 atom stereocenters. The fourth-order valence-corrected chi connectivity index (χ4v) is 2.71. The van der Waals surface area contributed by atoms with Gasteiger partial charge in [-0.3, -0.25) is 5.43 Å². The number of amides is 1. The van der Waals surface area contributed by atoms with Crippen LogP contribution in [-0.2, 0) is 4.74 Å². The van der Waals surface area contributed by atoms with E-state index in [1.807, 2.05) is 5.43 Å². The molecule has 4 N–H and O–H groups in total. The summed E-state index contributed by atoms with van der Waals surface area (Å²) < 4.78 is 5.13. The van der Waals surface area contributed by atoms with Crippen LogP contribution in [0.25, 0.3) is 0 Å². The Kier molecular flexibility index (Phi) is 13.3. The van der Waals surface area contributed by atoms with Gasteiger partial charge in [0.05, 0.1) is 6.10 Å². The van der Waals surface area contributed by atoms with Crippen LogP contribution < -0.4 is 11.3 Å². The lowest BCUT2D eigenvalue weighted by atomic mass is 9.89. The number of rotatable bonds is 7. The average Bonchev–Trinajstić information content (AvgIpc) is 2.50. The lowest BCUT2D eigenvalue weighted by Crippen LogP contribution is -2.34. The Morgan fingerprint density at radius 1 is 1.27 bits per heavy atom. The number of hydrazine groups is 1. The van der Waals surface area contributed by atoms with E-state index >= 15 is 0 Å². The SMILES string of the molecule is CC1CCCC(O)C1.CCCCC(CCCC)OC(=O)NN. The maximum Gasteiger partial charge on any atom is 0.421 e. The largest absolute Gasteiger partial charge is 0.445 e. The van der Waals surface area contributed by atoms with Crippen molar-refractivity contribution >= 4 is 6.09 Å². The molecule has 0 heterocycles. The van der Waals surface area contributed by atoms with Crippen molar-refractivity contribution in [3.8, 4) is 0 Å². The van der Waals surface area contributed by atoms with E-state index in [0.29, 0.717) is 0 Å². The van der Waals surface area contributed by atoms with E-state index in [4.69, 9.17) is 15.7 Å². The van der Waals surface area contributed by atoms with Gasteiger partial charge < -0.3 is 9.84 Å². The normalized spacial score (nSPS) is 21.0. The highest BCUT2D eigenvalue weighted by Gasteiger charge is 2.15. The maximum atomic E-state index is 10.9. The van der Waals surface area contributed by atoms with Gasteiger partial charge in [-0.2, -0.15) is 0 Å². The van der Waals surface area contributed by atoms with Gasteiger partial charge in [0, 0.05) is 0 Å². The second-order valence-corrected chi connectivity index (χ2v) is 6.38. The minimum atomic E-state index is -0.526. The molecule has 1 rings (SSSR count). The predicted molar refractivity (Wildman–Crippen MR) is 90.3 cm³/mol. The Labute approximate surface area is 136 Å². The molecule has 5 heteroatoms. The number of unbranched alkanes of at least 4 members (excludes halogenated alkanes) is 2. The van der Waals surface area contributed by atoms with Gasteiger partial charge >= 0.3 is 6.09 Å². The number of carbonyl (C=O) groups is 1. The number of hydrogen-bond acceptors (Lipinski definition) is 4. The molecule has 132 valence electrons. The van der Waals surface area contributed by atoms with Gasteiger partial charge in [0.2, 0.25) is 0 Å². The van der Waals surface area contributed by atoms with Gasteiger partial charge in [-0.05, 0) is 31.6 Å². The highest BCUT2D eigenvalue weighted by atomic mass is 16.6. The minimum absolute atomic E-state index is 0.0127. The Bertz CT molecular complexity index is 259. The van der Waals surface area contributed by atoms with E-state index in [2.05, 4.69) is 20.8 Å². The zero-order valence-corrected chi connectivity index (χ0v) is 14.6. The molecular formula is C17H36N2O3. The molecule has 1 amide bonds. The van der Waals surface area contributed by atoms with Crippen molar-refractivity contribution in [3.05, 3.63) is 0 Å². The highest BCUT2D eigenvalue weighted by Crippen LogP contribution is 2.22. The average molecular weight is 316 g/mol. The van der Waals surface area contributed by atoms with E-state index in [1.54, 1.807) is 0 Å². The number of carbonyl (C=O) groups excluding carboxylic acids is 1. The molecule has 0 saturated heterocycles. The van der Waals surface area contributed by atoms with Gasteiger partial charge in [0.25, 0.3) is 0 Å². The number of ether oxygens (including phenoxy) is 1. The van der Waals surface area contributed by atoms with Crippen LogP contribution in [0, 0.1) is 5.92 Å². The van der Waals surface area contributed by atoms with Crippen LogP contribution >= 0.6 is 0 Å². The predicted octanol–water partition coefficient (Wildman–Crippen LogP) is 3.89. The molecule has 0 aromatic carbocycles. The van der Waals surface area contributed by atoms with Crippen LogP contribution in [0.3, 0.4) is 0 Å². The van der Waals surface area contributed by atoms with Crippen molar-refractivity contribution < 1.29 is 14.6 Å². The summed E-state index contributed by atoms with van der Waals surface area (Å²) in [7, 11) is 0. The van der Waals surface area contributed by atoms with Crippen LogP contribution in [0.2, 0.25) is 0 Å². The zero-order chi connectivity index (χ0) is 16.8. The Morgan fingerprint density at radius 3 is 2.23 bits per heavy atom. The first-order chi connectivity index (χ1) is 10.5. The van der Waals surface area contributed by atoms with E-state index < -0.39 is 6.09 Å². The Balaban J connectivity index is 0.000000461. The third-order valence-electron chi connectivity index (χ3n) is 4.06. The summed E-state index contributed by atoms with van der Waals surface area (Å²) >= 11 is 0.